The molecule has 0 radical (unpaired) electrons. The summed E-state index contributed by atoms with van der Waals surface area (Å²) < 4.78 is 28.1. The van der Waals surface area contributed by atoms with Crippen molar-refractivity contribution >= 4 is 27.4 Å². The van der Waals surface area contributed by atoms with Gasteiger partial charge in [0.2, 0.25) is 15.9 Å². The van der Waals surface area contributed by atoms with Crippen molar-refractivity contribution in [3.05, 3.63) is 71.9 Å². The second-order valence-corrected chi connectivity index (χ2v) is 11.8. The number of carbonyl (C=O) groups is 1. The van der Waals surface area contributed by atoms with Gasteiger partial charge < -0.3 is 10.6 Å². The molecule has 8 heteroatoms. The van der Waals surface area contributed by atoms with E-state index in [2.05, 4.69) is 21.7 Å². The molecule has 1 spiro atoms. The van der Waals surface area contributed by atoms with Gasteiger partial charge in [0, 0.05) is 31.0 Å². The zero-order chi connectivity index (χ0) is 24.2. The van der Waals surface area contributed by atoms with Crippen LogP contribution in [0.2, 0.25) is 0 Å². The van der Waals surface area contributed by atoms with E-state index in [1.54, 1.807) is 16.4 Å². The lowest BCUT2D eigenvalue weighted by Gasteiger charge is -2.32. The smallest absolute Gasteiger partial charge is 0.243 e. The number of nitrogens with zero attached hydrogens (tertiary/aromatic N) is 2. The third-order valence-electron chi connectivity index (χ3n) is 7.51. The lowest BCUT2D eigenvalue weighted by atomic mass is 9.94. The highest BCUT2D eigenvalue weighted by atomic mass is 32.2. The van der Waals surface area contributed by atoms with Crippen molar-refractivity contribution in [3.8, 4) is 11.1 Å². The third kappa shape index (κ3) is 3.90. The number of nitrogens with one attached hydrogen (secondary N) is 2. The molecular weight excluding hydrogens is 460 g/mol. The zero-order valence-electron chi connectivity index (χ0n) is 19.6. The molecule has 2 fully saturated rings. The monoisotopic (exact) mass is 488 g/mol. The van der Waals surface area contributed by atoms with Crippen LogP contribution in [0.3, 0.4) is 0 Å². The van der Waals surface area contributed by atoms with Crippen molar-refractivity contribution in [3.63, 3.8) is 0 Å². The van der Waals surface area contributed by atoms with Gasteiger partial charge >= 0.3 is 0 Å². The minimum Gasteiger partial charge on any atom is -0.367 e. The van der Waals surface area contributed by atoms with Crippen molar-refractivity contribution < 1.29 is 13.2 Å². The zero-order valence-corrected chi connectivity index (χ0v) is 20.4. The quantitative estimate of drug-likeness (QED) is 0.559. The number of pyridine rings is 1. The largest absolute Gasteiger partial charge is 0.367 e. The van der Waals surface area contributed by atoms with Crippen LogP contribution in [0.4, 0.5) is 11.5 Å². The fraction of sp³-hybridized carbons (Fsp3) is 0.333. The normalized spacial score (nSPS) is 19.4. The summed E-state index contributed by atoms with van der Waals surface area (Å²) >= 11 is 0. The Labute approximate surface area is 205 Å². The molecule has 7 nitrogen and oxygen atoms in total. The van der Waals surface area contributed by atoms with Crippen LogP contribution in [0.1, 0.15) is 36.8 Å². The van der Waals surface area contributed by atoms with Crippen molar-refractivity contribution in [2.75, 3.05) is 23.7 Å². The molecule has 2 aromatic carbocycles. The van der Waals surface area contributed by atoms with Crippen molar-refractivity contribution in [2.45, 2.75) is 49.0 Å². The highest BCUT2D eigenvalue weighted by Gasteiger charge is 2.56. The Morgan fingerprint density at radius 3 is 2.37 bits per heavy atom. The van der Waals surface area contributed by atoms with Gasteiger partial charge in [-0.05, 0) is 85.2 Å². The van der Waals surface area contributed by atoms with E-state index in [0.717, 1.165) is 59.4 Å². The van der Waals surface area contributed by atoms with Crippen molar-refractivity contribution in [1.29, 1.82) is 0 Å². The lowest BCUT2D eigenvalue weighted by molar-refractivity contribution is -0.117. The molecule has 1 aliphatic carbocycles. The maximum atomic E-state index is 13.3. The van der Waals surface area contributed by atoms with Crippen LogP contribution in [0.15, 0.2) is 65.7 Å². The molecule has 2 N–H and O–H groups in total. The minimum absolute atomic E-state index is 0.0974. The van der Waals surface area contributed by atoms with Gasteiger partial charge in [0.25, 0.3) is 0 Å². The van der Waals surface area contributed by atoms with E-state index in [4.69, 9.17) is 0 Å². The molecule has 0 bridgehead atoms. The Kier molecular flexibility index (Phi) is 5.19. The van der Waals surface area contributed by atoms with E-state index in [1.807, 2.05) is 49.5 Å². The fourth-order valence-electron chi connectivity index (χ4n) is 5.19. The average molecular weight is 489 g/mol. The molecule has 2 aliphatic heterocycles. The number of carbonyl (C=O) groups excluding carboxylic acids is 1. The Hall–Kier alpha value is -3.23. The number of rotatable bonds is 5. The minimum atomic E-state index is -3.55. The topological polar surface area (TPSA) is 91.4 Å². The number of aromatic nitrogens is 1. The fourth-order valence-corrected chi connectivity index (χ4v) is 6.66. The van der Waals surface area contributed by atoms with E-state index in [9.17, 15) is 13.2 Å². The van der Waals surface area contributed by atoms with Crippen LogP contribution >= 0.6 is 0 Å². The van der Waals surface area contributed by atoms with Crippen LogP contribution in [-0.2, 0) is 20.2 Å². The summed E-state index contributed by atoms with van der Waals surface area (Å²) in [5.41, 5.74) is 4.66. The van der Waals surface area contributed by atoms with E-state index in [0.29, 0.717) is 18.0 Å². The van der Waals surface area contributed by atoms with E-state index in [-0.39, 0.29) is 17.4 Å². The summed E-state index contributed by atoms with van der Waals surface area (Å²) in [7, 11) is -3.55. The molecule has 0 unspecified atom stereocenters. The molecule has 3 aliphatic rings. The standard InChI is InChI=1S/C27H28N4O3S/c1-18-2-9-25(28-17-18)29-21-10-14-31(15-11-21)35(33,34)22-6-3-19(4-7-22)20-5-8-24-23(16-20)27(12-13-27)26(32)30-24/h2-9,16-17,21H,10-15H2,1H3,(H,28,29)(H,30,32). The summed E-state index contributed by atoms with van der Waals surface area (Å²) in [6, 6.07) is 17.3. The van der Waals surface area contributed by atoms with Crippen molar-refractivity contribution in [1.82, 2.24) is 9.29 Å². The number of hydrogen-bond acceptors (Lipinski definition) is 5. The van der Waals surface area contributed by atoms with E-state index in [1.165, 1.54) is 0 Å². The molecule has 1 saturated heterocycles. The summed E-state index contributed by atoms with van der Waals surface area (Å²) in [6.07, 6.45) is 5.07. The SMILES string of the molecule is Cc1ccc(NC2CCN(S(=O)(=O)c3ccc(-c4ccc5c(c4)C4(CC4)C(=O)N5)cc3)CC2)nc1. The Bertz CT molecular complexity index is 1390. The molecule has 6 rings (SSSR count). The van der Waals surface area contributed by atoms with Crippen molar-refractivity contribution in [2.24, 2.45) is 0 Å². The number of sulfonamides is 1. The lowest BCUT2D eigenvalue weighted by Crippen LogP contribution is -2.42. The van der Waals surface area contributed by atoms with Gasteiger partial charge in [-0.25, -0.2) is 13.4 Å². The molecule has 1 saturated carbocycles. The number of amides is 1. The molecule has 35 heavy (non-hydrogen) atoms. The summed E-state index contributed by atoms with van der Waals surface area (Å²) in [4.78, 5) is 17.0. The number of hydrogen-bond donors (Lipinski definition) is 2. The molecule has 3 aromatic rings. The third-order valence-corrected chi connectivity index (χ3v) is 9.42. The van der Waals surface area contributed by atoms with Crippen LogP contribution in [0, 0.1) is 6.92 Å². The van der Waals surface area contributed by atoms with Gasteiger partial charge in [0.15, 0.2) is 0 Å². The summed E-state index contributed by atoms with van der Waals surface area (Å²) in [5, 5.41) is 6.40. The van der Waals surface area contributed by atoms with Gasteiger partial charge in [-0.3, -0.25) is 4.79 Å². The first kappa shape index (κ1) is 22.2. The Morgan fingerprint density at radius 2 is 1.71 bits per heavy atom. The van der Waals surface area contributed by atoms with Gasteiger partial charge in [0.1, 0.15) is 5.82 Å². The van der Waals surface area contributed by atoms with Crippen LogP contribution in [0.25, 0.3) is 11.1 Å². The van der Waals surface area contributed by atoms with Gasteiger partial charge in [-0.15, -0.1) is 0 Å². The number of anilines is 2. The highest BCUT2D eigenvalue weighted by molar-refractivity contribution is 7.89. The van der Waals surface area contributed by atoms with Gasteiger partial charge in [-0.1, -0.05) is 24.3 Å². The van der Waals surface area contributed by atoms with Gasteiger partial charge in [0.05, 0.1) is 10.3 Å². The van der Waals surface area contributed by atoms with E-state index >= 15 is 0 Å². The van der Waals surface area contributed by atoms with Crippen LogP contribution in [0.5, 0.6) is 0 Å². The number of piperidine rings is 1. The molecule has 1 amide bonds. The van der Waals surface area contributed by atoms with Crippen LogP contribution < -0.4 is 10.6 Å². The Balaban J connectivity index is 1.14. The molecule has 180 valence electrons. The Morgan fingerprint density at radius 1 is 1.00 bits per heavy atom. The molecule has 3 heterocycles. The second-order valence-electron chi connectivity index (χ2n) is 9.86. The first-order valence-corrected chi connectivity index (χ1v) is 13.5. The molecule has 1 aromatic heterocycles. The van der Waals surface area contributed by atoms with E-state index < -0.39 is 10.0 Å². The maximum absolute atomic E-state index is 13.3. The maximum Gasteiger partial charge on any atom is 0.243 e. The number of fused-ring (bicyclic) bond motifs is 2. The van der Waals surface area contributed by atoms with Crippen LogP contribution in [-0.4, -0.2) is 42.7 Å². The highest BCUT2D eigenvalue weighted by Crippen LogP contribution is 2.55. The average Bonchev–Trinajstić information content (AvgIpc) is 3.63. The molecular formula is C27H28N4O3S. The second kappa shape index (κ2) is 8.17. The predicted octanol–water partition coefficient (Wildman–Crippen LogP) is 4.31. The first-order valence-electron chi connectivity index (χ1n) is 12.1. The summed E-state index contributed by atoms with van der Waals surface area (Å²) in [5.74, 6) is 0.923. The molecule has 0 atom stereocenters. The van der Waals surface area contributed by atoms with Gasteiger partial charge in [-0.2, -0.15) is 4.31 Å². The number of benzene rings is 2. The summed E-state index contributed by atoms with van der Waals surface area (Å²) in [6.45, 7) is 2.95. The first-order chi connectivity index (χ1) is 16.8. The predicted molar refractivity (Wildman–Crippen MR) is 136 cm³/mol. The number of aryl methyl sites for hydroxylation is 1.